The first-order valence-corrected chi connectivity index (χ1v) is 4.25. The van der Waals surface area contributed by atoms with Gasteiger partial charge in [0.05, 0.1) is 6.10 Å². The van der Waals surface area contributed by atoms with E-state index in [2.05, 4.69) is 11.9 Å². The Kier molecular flexibility index (Phi) is 5.34. The van der Waals surface area contributed by atoms with Crippen LogP contribution in [-0.2, 0) is 4.79 Å². The van der Waals surface area contributed by atoms with Crippen LogP contribution in [0.1, 0.15) is 13.8 Å². The van der Waals surface area contributed by atoms with Crippen molar-refractivity contribution in [1.82, 2.24) is 5.32 Å². The Morgan fingerprint density at radius 3 is 2.46 bits per heavy atom. The average Bonchev–Trinajstić information content (AvgIpc) is 2.03. The molecule has 1 unspecified atom stereocenters. The van der Waals surface area contributed by atoms with Gasteiger partial charge in [-0.05, 0) is 5.92 Å². The molecule has 13 heavy (non-hydrogen) atoms. The van der Waals surface area contributed by atoms with Crippen LogP contribution < -0.4 is 5.32 Å². The fourth-order valence-electron chi connectivity index (χ4n) is 0.682. The van der Waals surface area contributed by atoms with Crippen molar-refractivity contribution in [3.8, 4) is 0 Å². The standard InChI is InChI=1S/C9H17NO3/c1-6(2)8(11)5-10-4-7(3)9(12)13/h6,8,10-11H,3-5H2,1-2H3,(H,12,13). The minimum atomic E-state index is -1.01. The molecule has 76 valence electrons. The van der Waals surface area contributed by atoms with Gasteiger partial charge in [-0.3, -0.25) is 0 Å². The molecule has 0 aromatic heterocycles. The third kappa shape index (κ3) is 5.38. The predicted molar refractivity (Wildman–Crippen MR) is 50.5 cm³/mol. The molecule has 0 fully saturated rings. The zero-order chi connectivity index (χ0) is 10.4. The van der Waals surface area contributed by atoms with Crippen LogP contribution in [0.5, 0.6) is 0 Å². The summed E-state index contributed by atoms with van der Waals surface area (Å²) in [7, 11) is 0. The third-order valence-corrected chi connectivity index (χ3v) is 1.76. The Morgan fingerprint density at radius 2 is 2.08 bits per heavy atom. The first kappa shape index (κ1) is 12.1. The topological polar surface area (TPSA) is 69.6 Å². The van der Waals surface area contributed by atoms with Gasteiger partial charge in [-0.2, -0.15) is 0 Å². The van der Waals surface area contributed by atoms with Crippen molar-refractivity contribution < 1.29 is 15.0 Å². The first-order valence-electron chi connectivity index (χ1n) is 4.25. The Balaban J connectivity index is 3.56. The van der Waals surface area contributed by atoms with Crippen molar-refractivity contribution in [3.05, 3.63) is 12.2 Å². The molecular weight excluding hydrogens is 170 g/mol. The molecule has 0 heterocycles. The Hall–Kier alpha value is -0.870. The van der Waals surface area contributed by atoms with Crippen molar-refractivity contribution in [2.75, 3.05) is 13.1 Å². The van der Waals surface area contributed by atoms with Gasteiger partial charge in [0.15, 0.2) is 0 Å². The monoisotopic (exact) mass is 187 g/mol. The van der Waals surface area contributed by atoms with Crippen LogP contribution in [0.25, 0.3) is 0 Å². The lowest BCUT2D eigenvalue weighted by Crippen LogP contribution is -2.32. The predicted octanol–water partition coefficient (Wildman–Crippen LogP) is 0.234. The number of aliphatic carboxylic acids is 1. The molecule has 4 nitrogen and oxygen atoms in total. The number of hydrogen-bond acceptors (Lipinski definition) is 3. The van der Waals surface area contributed by atoms with Gasteiger partial charge in [0, 0.05) is 18.7 Å². The summed E-state index contributed by atoms with van der Waals surface area (Å²) in [5.74, 6) is -0.836. The molecule has 0 bridgehead atoms. The third-order valence-electron chi connectivity index (χ3n) is 1.76. The van der Waals surface area contributed by atoms with Crippen molar-refractivity contribution >= 4 is 5.97 Å². The first-order chi connectivity index (χ1) is 5.95. The fraction of sp³-hybridized carbons (Fsp3) is 0.667. The second-order valence-corrected chi connectivity index (χ2v) is 3.35. The largest absolute Gasteiger partial charge is 0.478 e. The number of carboxylic acid groups (broad SMARTS) is 1. The lowest BCUT2D eigenvalue weighted by atomic mass is 10.1. The van der Waals surface area contributed by atoms with E-state index in [1.807, 2.05) is 13.8 Å². The molecule has 0 saturated carbocycles. The summed E-state index contributed by atoms with van der Waals surface area (Å²) in [6.45, 7) is 7.75. The zero-order valence-electron chi connectivity index (χ0n) is 8.08. The highest BCUT2D eigenvalue weighted by Crippen LogP contribution is 1.98. The number of nitrogens with one attached hydrogen (secondary N) is 1. The van der Waals surface area contributed by atoms with Crippen LogP contribution in [0.15, 0.2) is 12.2 Å². The van der Waals surface area contributed by atoms with Crippen molar-refractivity contribution in [2.45, 2.75) is 20.0 Å². The van der Waals surface area contributed by atoms with E-state index in [0.717, 1.165) is 0 Å². The van der Waals surface area contributed by atoms with Gasteiger partial charge >= 0.3 is 5.97 Å². The van der Waals surface area contributed by atoms with Crippen LogP contribution in [0, 0.1) is 5.92 Å². The molecule has 0 rings (SSSR count). The van der Waals surface area contributed by atoms with Gasteiger partial charge in [0.1, 0.15) is 0 Å². The number of aliphatic hydroxyl groups is 1. The molecule has 0 aliphatic rings. The normalized spacial score (nSPS) is 12.9. The molecular formula is C9H17NO3. The molecule has 3 N–H and O–H groups in total. The Bertz CT molecular complexity index is 189. The molecule has 0 amide bonds. The van der Waals surface area contributed by atoms with Crippen molar-refractivity contribution in [2.24, 2.45) is 5.92 Å². The van der Waals surface area contributed by atoms with E-state index in [9.17, 15) is 9.90 Å². The van der Waals surface area contributed by atoms with E-state index in [1.54, 1.807) is 0 Å². The molecule has 0 radical (unpaired) electrons. The summed E-state index contributed by atoms with van der Waals surface area (Å²) in [5.41, 5.74) is 0.107. The molecule has 0 aliphatic heterocycles. The van der Waals surface area contributed by atoms with Crippen LogP contribution >= 0.6 is 0 Å². The number of rotatable bonds is 6. The van der Waals surface area contributed by atoms with Gasteiger partial charge in [0.2, 0.25) is 0 Å². The van der Waals surface area contributed by atoms with E-state index >= 15 is 0 Å². The van der Waals surface area contributed by atoms with Crippen molar-refractivity contribution in [3.63, 3.8) is 0 Å². The number of hydrogen-bond donors (Lipinski definition) is 3. The minimum absolute atomic E-state index is 0.107. The fourth-order valence-corrected chi connectivity index (χ4v) is 0.682. The summed E-state index contributed by atoms with van der Waals surface area (Å²) in [6, 6.07) is 0. The zero-order valence-corrected chi connectivity index (χ0v) is 8.08. The average molecular weight is 187 g/mol. The smallest absolute Gasteiger partial charge is 0.332 e. The van der Waals surface area contributed by atoms with E-state index in [0.29, 0.717) is 6.54 Å². The molecule has 1 atom stereocenters. The summed E-state index contributed by atoms with van der Waals surface area (Å²) >= 11 is 0. The van der Waals surface area contributed by atoms with Gasteiger partial charge in [0.25, 0.3) is 0 Å². The summed E-state index contributed by atoms with van der Waals surface area (Å²) in [6.07, 6.45) is -0.443. The van der Waals surface area contributed by atoms with Crippen LogP contribution in [0.4, 0.5) is 0 Å². The Labute approximate surface area is 78.3 Å². The number of carboxylic acids is 1. The van der Waals surface area contributed by atoms with Crippen LogP contribution in [0.2, 0.25) is 0 Å². The maximum Gasteiger partial charge on any atom is 0.332 e. The number of carbonyl (C=O) groups is 1. The summed E-state index contributed by atoms with van der Waals surface area (Å²) in [4.78, 5) is 10.3. The molecule has 0 aliphatic carbocycles. The second kappa shape index (κ2) is 5.72. The maximum atomic E-state index is 10.3. The number of aliphatic hydroxyl groups excluding tert-OH is 1. The lowest BCUT2D eigenvalue weighted by molar-refractivity contribution is -0.132. The summed E-state index contributed by atoms with van der Waals surface area (Å²) in [5, 5.41) is 20.6. The highest BCUT2D eigenvalue weighted by molar-refractivity contribution is 5.86. The van der Waals surface area contributed by atoms with E-state index in [4.69, 9.17) is 5.11 Å². The molecule has 0 aromatic rings. The maximum absolute atomic E-state index is 10.3. The minimum Gasteiger partial charge on any atom is -0.478 e. The molecule has 0 spiro atoms. The van der Waals surface area contributed by atoms with Gasteiger partial charge in [-0.1, -0.05) is 20.4 Å². The van der Waals surface area contributed by atoms with Crippen molar-refractivity contribution in [1.29, 1.82) is 0 Å². The highest BCUT2D eigenvalue weighted by Gasteiger charge is 2.09. The van der Waals surface area contributed by atoms with Crippen LogP contribution in [0.3, 0.4) is 0 Å². The molecule has 4 heteroatoms. The van der Waals surface area contributed by atoms with Gasteiger partial charge < -0.3 is 15.5 Å². The van der Waals surface area contributed by atoms with Gasteiger partial charge in [-0.25, -0.2) is 4.79 Å². The van der Waals surface area contributed by atoms with Gasteiger partial charge in [-0.15, -0.1) is 0 Å². The van der Waals surface area contributed by atoms with E-state index < -0.39 is 12.1 Å². The summed E-state index contributed by atoms with van der Waals surface area (Å²) < 4.78 is 0. The second-order valence-electron chi connectivity index (χ2n) is 3.35. The molecule has 0 aromatic carbocycles. The lowest BCUT2D eigenvalue weighted by Gasteiger charge is -2.14. The highest BCUT2D eigenvalue weighted by atomic mass is 16.4. The van der Waals surface area contributed by atoms with E-state index in [1.165, 1.54) is 0 Å². The van der Waals surface area contributed by atoms with Crippen LogP contribution in [-0.4, -0.2) is 35.4 Å². The Morgan fingerprint density at radius 1 is 1.54 bits per heavy atom. The SMILES string of the molecule is C=C(CNCC(O)C(C)C)C(=O)O. The quantitative estimate of drug-likeness (QED) is 0.521. The van der Waals surface area contributed by atoms with E-state index in [-0.39, 0.29) is 18.0 Å². The molecule has 0 saturated heterocycles.